The minimum Gasteiger partial charge on any atom is -0.478 e. The zero-order valence-corrected chi connectivity index (χ0v) is 26.4. The smallest absolute Gasteiger partial charge is 0.337 e. The minimum atomic E-state index is -0.989. The topological polar surface area (TPSA) is 91.6 Å². The van der Waals surface area contributed by atoms with Crippen molar-refractivity contribution in [2.75, 3.05) is 24.5 Å². The number of amides is 1. The zero-order valence-electron chi connectivity index (χ0n) is 25.6. The van der Waals surface area contributed by atoms with Crippen molar-refractivity contribution in [2.24, 2.45) is 5.92 Å². The summed E-state index contributed by atoms with van der Waals surface area (Å²) in [6.45, 7) is 16.0. The Labute approximate surface area is 256 Å². The fraction of sp³-hybridized carbons (Fsp3) is 0.394. The number of hydrogen-bond acceptors (Lipinski definition) is 5. The van der Waals surface area contributed by atoms with Gasteiger partial charge in [0.15, 0.2) is 0 Å². The fourth-order valence-electron chi connectivity index (χ4n) is 6.22. The maximum absolute atomic E-state index is 14.5. The molecule has 1 aliphatic rings. The van der Waals surface area contributed by atoms with Gasteiger partial charge in [-0.2, -0.15) is 0 Å². The molecule has 0 unspecified atom stereocenters. The molecule has 0 spiro atoms. The van der Waals surface area contributed by atoms with E-state index in [9.17, 15) is 19.1 Å². The number of aromatic carboxylic acids is 1. The summed E-state index contributed by atoms with van der Waals surface area (Å²) in [5, 5.41) is 10.4. The second kappa shape index (κ2) is 11.3. The second-order valence-electron chi connectivity index (χ2n) is 12.4. The van der Waals surface area contributed by atoms with Gasteiger partial charge in [-0.3, -0.25) is 4.79 Å². The number of pyridine rings is 2. The Bertz CT molecular complexity index is 1740. The maximum atomic E-state index is 14.5. The van der Waals surface area contributed by atoms with Gasteiger partial charge in [-0.15, -0.1) is 0 Å². The Morgan fingerprint density at radius 2 is 1.79 bits per heavy atom. The van der Waals surface area contributed by atoms with Gasteiger partial charge in [0.2, 0.25) is 0 Å². The molecule has 3 aromatic heterocycles. The Balaban J connectivity index is 1.48. The summed E-state index contributed by atoms with van der Waals surface area (Å²) in [6.07, 6.45) is 0. The van der Waals surface area contributed by atoms with Crippen molar-refractivity contribution in [2.45, 2.75) is 60.5 Å². The number of fused-ring (bicyclic) bond motifs is 1. The molecule has 43 heavy (non-hydrogen) atoms. The predicted octanol–water partition coefficient (Wildman–Crippen LogP) is 6.91. The molecule has 1 N–H and O–H groups in total. The van der Waals surface area contributed by atoms with E-state index in [1.54, 1.807) is 38.1 Å². The highest BCUT2D eigenvalue weighted by Gasteiger charge is 2.38. The van der Waals surface area contributed by atoms with Gasteiger partial charge in [-0.25, -0.2) is 19.2 Å². The number of carbonyl (C=O) groups excluding carboxylic acids is 1. The lowest BCUT2D eigenvalue weighted by Crippen LogP contribution is -2.61. The molecule has 1 amide bonds. The van der Waals surface area contributed by atoms with Crippen molar-refractivity contribution in [3.63, 3.8) is 0 Å². The maximum Gasteiger partial charge on any atom is 0.337 e. The van der Waals surface area contributed by atoms with Gasteiger partial charge >= 0.3 is 5.97 Å². The minimum absolute atomic E-state index is 0.0689. The zero-order chi connectivity index (χ0) is 31.4. The quantitative estimate of drug-likeness (QED) is 0.257. The number of carboxylic acids is 1. The summed E-state index contributed by atoms with van der Waals surface area (Å²) in [7, 11) is 0. The average Bonchev–Trinajstić information content (AvgIpc) is 3.18. The highest BCUT2D eigenvalue weighted by atomic mass is 35.5. The van der Waals surface area contributed by atoms with Crippen molar-refractivity contribution in [1.82, 2.24) is 19.4 Å². The van der Waals surface area contributed by atoms with Crippen LogP contribution in [-0.2, 0) is 6.54 Å². The summed E-state index contributed by atoms with van der Waals surface area (Å²) in [5.74, 6) is -0.614. The van der Waals surface area contributed by atoms with Gasteiger partial charge < -0.3 is 19.5 Å². The number of anilines is 1. The van der Waals surface area contributed by atoms with E-state index in [2.05, 4.69) is 28.3 Å². The van der Waals surface area contributed by atoms with Crippen LogP contribution in [0.15, 0.2) is 36.4 Å². The number of hydrogen-bond donors (Lipinski definition) is 1. The van der Waals surface area contributed by atoms with E-state index in [0.29, 0.717) is 66.1 Å². The lowest BCUT2D eigenvalue weighted by Gasteiger charge is -2.47. The molecular formula is C33H37ClFN5O3. The lowest BCUT2D eigenvalue weighted by molar-refractivity contribution is 0.0507. The van der Waals surface area contributed by atoms with Gasteiger partial charge in [-0.05, 0) is 82.0 Å². The number of benzene rings is 1. The first-order valence-corrected chi connectivity index (χ1v) is 14.8. The van der Waals surface area contributed by atoms with E-state index >= 15 is 0 Å². The van der Waals surface area contributed by atoms with Crippen LogP contribution in [0.2, 0.25) is 5.02 Å². The summed E-state index contributed by atoms with van der Waals surface area (Å²) < 4.78 is 16.6. The standard InChI is InChI=1S/C33H37ClFN5O3/c1-18(2)16-39-21(5)29(22-8-10-24(34)25(35)15-22)23-9-11-26(37-30(23)39)31(41)40-13-12-38(17-33(40,6)7)27-14-19(3)28(32(42)43)20(4)36-27/h8-11,14-15,18H,12-13,16-17H2,1-7H3,(H,42,43). The van der Waals surface area contributed by atoms with Crippen molar-refractivity contribution in [3.05, 3.63) is 75.4 Å². The molecule has 0 atom stereocenters. The first kappa shape index (κ1) is 30.5. The molecule has 1 aliphatic heterocycles. The van der Waals surface area contributed by atoms with Crippen LogP contribution < -0.4 is 4.90 Å². The Morgan fingerprint density at radius 1 is 1.07 bits per heavy atom. The van der Waals surface area contributed by atoms with E-state index in [4.69, 9.17) is 16.6 Å². The molecule has 1 aromatic carbocycles. The average molecular weight is 606 g/mol. The van der Waals surface area contributed by atoms with Crippen LogP contribution in [0.5, 0.6) is 0 Å². The second-order valence-corrected chi connectivity index (χ2v) is 12.8. The third kappa shape index (κ3) is 5.58. The van der Waals surface area contributed by atoms with Crippen LogP contribution in [0.25, 0.3) is 22.2 Å². The summed E-state index contributed by atoms with van der Waals surface area (Å²) >= 11 is 5.97. The molecule has 0 radical (unpaired) electrons. The van der Waals surface area contributed by atoms with E-state index < -0.39 is 17.3 Å². The van der Waals surface area contributed by atoms with Crippen LogP contribution in [0.1, 0.15) is 65.5 Å². The summed E-state index contributed by atoms with van der Waals surface area (Å²) in [6, 6.07) is 10.3. The highest BCUT2D eigenvalue weighted by molar-refractivity contribution is 6.30. The van der Waals surface area contributed by atoms with Crippen LogP contribution in [0, 0.1) is 32.5 Å². The van der Waals surface area contributed by atoms with Crippen LogP contribution in [-0.4, -0.2) is 61.6 Å². The van der Waals surface area contributed by atoms with Gasteiger partial charge in [0.05, 0.1) is 21.8 Å². The molecule has 0 aliphatic carbocycles. The van der Waals surface area contributed by atoms with Gasteiger partial charge in [0.25, 0.3) is 5.91 Å². The Kier molecular flexibility index (Phi) is 7.98. The largest absolute Gasteiger partial charge is 0.478 e. The van der Waals surface area contributed by atoms with E-state index in [1.165, 1.54) is 6.07 Å². The monoisotopic (exact) mass is 605 g/mol. The molecule has 4 heterocycles. The van der Waals surface area contributed by atoms with Crippen LogP contribution in [0.3, 0.4) is 0 Å². The number of piperazine rings is 1. The molecule has 5 rings (SSSR count). The first-order chi connectivity index (χ1) is 20.2. The number of carboxylic acid groups (broad SMARTS) is 1. The number of halogens is 2. The molecule has 4 aromatic rings. The van der Waals surface area contributed by atoms with E-state index in [-0.39, 0.29) is 16.5 Å². The Hall–Kier alpha value is -3.98. The summed E-state index contributed by atoms with van der Waals surface area (Å²) in [4.78, 5) is 39.1. The van der Waals surface area contributed by atoms with Crippen molar-refractivity contribution < 1.29 is 19.1 Å². The van der Waals surface area contributed by atoms with Crippen molar-refractivity contribution in [3.8, 4) is 11.1 Å². The predicted molar refractivity (Wildman–Crippen MR) is 168 cm³/mol. The fourth-order valence-corrected chi connectivity index (χ4v) is 6.34. The SMILES string of the molecule is Cc1cc(N2CCN(C(=O)c3ccc4c(-c5ccc(Cl)c(F)c5)c(C)n(CC(C)C)c4n3)C(C)(C)C2)nc(C)c1C(=O)O. The highest BCUT2D eigenvalue weighted by Crippen LogP contribution is 2.36. The molecular weight excluding hydrogens is 569 g/mol. The molecule has 1 saturated heterocycles. The van der Waals surface area contributed by atoms with Crippen molar-refractivity contribution >= 4 is 40.3 Å². The molecule has 226 valence electrons. The molecule has 0 bridgehead atoms. The van der Waals surface area contributed by atoms with Crippen LogP contribution in [0.4, 0.5) is 10.2 Å². The molecule has 10 heteroatoms. The number of aromatic nitrogens is 3. The van der Waals surface area contributed by atoms with Gasteiger partial charge in [0, 0.05) is 42.8 Å². The van der Waals surface area contributed by atoms with E-state index in [1.807, 2.05) is 31.7 Å². The molecule has 8 nitrogen and oxygen atoms in total. The van der Waals surface area contributed by atoms with E-state index in [0.717, 1.165) is 16.6 Å². The molecule has 0 saturated carbocycles. The number of carbonyl (C=O) groups is 2. The number of aryl methyl sites for hydroxylation is 2. The van der Waals surface area contributed by atoms with Crippen molar-refractivity contribution in [1.29, 1.82) is 0 Å². The van der Waals surface area contributed by atoms with Gasteiger partial charge in [-0.1, -0.05) is 31.5 Å². The number of rotatable bonds is 6. The third-order valence-electron chi connectivity index (χ3n) is 8.21. The Morgan fingerprint density at radius 3 is 2.40 bits per heavy atom. The molecule has 1 fully saturated rings. The number of nitrogens with zero attached hydrogens (tertiary/aromatic N) is 5. The summed E-state index contributed by atoms with van der Waals surface area (Å²) in [5.41, 5.74) is 4.36. The van der Waals surface area contributed by atoms with Gasteiger partial charge in [0.1, 0.15) is 23.0 Å². The first-order valence-electron chi connectivity index (χ1n) is 14.4. The third-order valence-corrected chi connectivity index (χ3v) is 8.52. The lowest BCUT2D eigenvalue weighted by atomic mass is 9.97. The normalized spacial score (nSPS) is 15.0. The van der Waals surface area contributed by atoms with Crippen LogP contribution >= 0.6 is 11.6 Å².